The van der Waals surface area contributed by atoms with Crippen molar-refractivity contribution in [3.8, 4) is 5.75 Å². The molecule has 0 radical (unpaired) electrons. The number of nitrogens with zero attached hydrogens (tertiary/aromatic N) is 5. The van der Waals surface area contributed by atoms with Crippen LogP contribution in [-0.4, -0.2) is 67.9 Å². The Balaban J connectivity index is 1.19. The Hall–Kier alpha value is -4.58. The molecule has 0 aliphatic carbocycles. The predicted molar refractivity (Wildman–Crippen MR) is 137 cm³/mol. The van der Waals surface area contributed by atoms with Crippen LogP contribution in [0.15, 0.2) is 61.2 Å². The molecule has 11 nitrogen and oxygen atoms in total. The summed E-state index contributed by atoms with van der Waals surface area (Å²) >= 11 is 0. The molecule has 4 aromatic rings. The lowest BCUT2D eigenvalue weighted by Crippen LogP contribution is -2.31. The number of carbonyl (C=O) groups excluding carboxylic acids is 2. The number of halogens is 1. The van der Waals surface area contributed by atoms with Gasteiger partial charge in [-0.15, -0.1) is 0 Å². The lowest BCUT2D eigenvalue weighted by Gasteiger charge is -2.15. The van der Waals surface area contributed by atoms with Crippen molar-refractivity contribution in [1.29, 1.82) is 0 Å². The van der Waals surface area contributed by atoms with Crippen LogP contribution >= 0.6 is 0 Å². The molecule has 0 spiro atoms. The second kappa shape index (κ2) is 11.2. The van der Waals surface area contributed by atoms with Crippen LogP contribution in [0.25, 0.3) is 10.9 Å². The van der Waals surface area contributed by atoms with Gasteiger partial charge in [-0.25, -0.2) is 14.4 Å². The van der Waals surface area contributed by atoms with E-state index in [9.17, 15) is 14.0 Å². The van der Waals surface area contributed by atoms with Crippen LogP contribution in [0, 0.1) is 11.7 Å². The number of anilines is 3. The van der Waals surface area contributed by atoms with Crippen LogP contribution in [-0.2, 0) is 16.1 Å². The van der Waals surface area contributed by atoms with Crippen molar-refractivity contribution in [1.82, 2.24) is 24.6 Å². The van der Waals surface area contributed by atoms with E-state index in [4.69, 9.17) is 9.84 Å². The summed E-state index contributed by atoms with van der Waals surface area (Å²) in [6.45, 7) is 1.14. The second-order valence-corrected chi connectivity index (χ2v) is 8.97. The van der Waals surface area contributed by atoms with Crippen molar-refractivity contribution in [2.75, 3.05) is 36.9 Å². The van der Waals surface area contributed by atoms with E-state index in [-0.39, 0.29) is 24.3 Å². The number of rotatable bonds is 9. The van der Waals surface area contributed by atoms with E-state index in [1.54, 1.807) is 23.4 Å². The van der Waals surface area contributed by atoms with E-state index in [0.29, 0.717) is 48.2 Å². The molecule has 1 atom stereocenters. The summed E-state index contributed by atoms with van der Waals surface area (Å²) in [7, 11) is 0. The van der Waals surface area contributed by atoms with Crippen molar-refractivity contribution >= 4 is 39.9 Å². The number of hydrogen-bond donors (Lipinski definition) is 3. The van der Waals surface area contributed by atoms with Gasteiger partial charge < -0.3 is 25.4 Å². The van der Waals surface area contributed by atoms with Gasteiger partial charge in [-0.05, 0) is 36.8 Å². The molecule has 0 saturated carbocycles. The largest absolute Gasteiger partial charge is 0.493 e. The number of nitrogens with one attached hydrogen (secondary N) is 2. The standard InChI is InChI=1S/C26H26FN7O4/c27-18-2-1-3-19(8-18)31-24(36)13-34-12-20(10-30-34)32-26-22-5-4-21(9-23(22)28-16-29-26)38-15-17-6-7-33(11-17)25(37)14-35/h1-5,8-10,12,16-17,35H,6-7,11,13-15H2,(H,31,36)(H,28,29,32). The van der Waals surface area contributed by atoms with Crippen molar-refractivity contribution in [2.45, 2.75) is 13.0 Å². The summed E-state index contributed by atoms with van der Waals surface area (Å²) < 4.78 is 20.7. The van der Waals surface area contributed by atoms with Gasteiger partial charge in [0.05, 0.1) is 24.0 Å². The zero-order valence-corrected chi connectivity index (χ0v) is 20.4. The van der Waals surface area contributed by atoms with Crippen LogP contribution in [0.5, 0.6) is 5.75 Å². The molecule has 1 unspecified atom stereocenters. The van der Waals surface area contributed by atoms with Crippen LogP contribution < -0.4 is 15.4 Å². The Morgan fingerprint density at radius 1 is 1.16 bits per heavy atom. The van der Waals surface area contributed by atoms with Gasteiger partial charge >= 0.3 is 0 Å². The molecule has 0 bridgehead atoms. The molecule has 196 valence electrons. The molecule has 2 aromatic carbocycles. The smallest absolute Gasteiger partial charge is 0.248 e. The second-order valence-electron chi connectivity index (χ2n) is 8.97. The van der Waals surface area contributed by atoms with Gasteiger partial charge in [-0.2, -0.15) is 5.10 Å². The average molecular weight is 520 g/mol. The lowest BCUT2D eigenvalue weighted by atomic mass is 10.1. The Bertz CT molecular complexity index is 1460. The maximum absolute atomic E-state index is 13.3. The van der Waals surface area contributed by atoms with Gasteiger partial charge in [0, 0.05) is 42.3 Å². The van der Waals surface area contributed by atoms with Gasteiger partial charge in [-0.1, -0.05) is 6.07 Å². The molecule has 1 fully saturated rings. The third-order valence-electron chi connectivity index (χ3n) is 6.18. The van der Waals surface area contributed by atoms with Crippen LogP contribution in [0.2, 0.25) is 0 Å². The zero-order valence-electron chi connectivity index (χ0n) is 20.4. The minimum atomic E-state index is -0.471. The third-order valence-corrected chi connectivity index (χ3v) is 6.18. The highest BCUT2D eigenvalue weighted by Gasteiger charge is 2.26. The summed E-state index contributed by atoms with van der Waals surface area (Å²) in [6.07, 6.45) is 5.52. The minimum Gasteiger partial charge on any atom is -0.493 e. The maximum Gasteiger partial charge on any atom is 0.248 e. The van der Waals surface area contributed by atoms with Crippen molar-refractivity contribution in [2.24, 2.45) is 5.92 Å². The Morgan fingerprint density at radius 2 is 2.05 bits per heavy atom. The monoisotopic (exact) mass is 519 g/mol. The molecule has 38 heavy (non-hydrogen) atoms. The molecule has 12 heteroatoms. The summed E-state index contributed by atoms with van der Waals surface area (Å²) in [4.78, 5) is 34.3. The number of aliphatic hydroxyl groups excluding tert-OH is 1. The van der Waals surface area contributed by atoms with E-state index in [0.717, 1.165) is 11.8 Å². The molecule has 5 rings (SSSR count). The molecule has 2 amide bonds. The Kier molecular flexibility index (Phi) is 7.40. The Labute approximate surface area is 217 Å². The minimum absolute atomic E-state index is 0.0453. The fourth-order valence-electron chi connectivity index (χ4n) is 4.30. The third kappa shape index (κ3) is 6.03. The van der Waals surface area contributed by atoms with Crippen molar-refractivity contribution < 1.29 is 23.8 Å². The fourth-order valence-corrected chi connectivity index (χ4v) is 4.30. The van der Waals surface area contributed by atoms with E-state index in [1.165, 1.54) is 29.2 Å². The molecule has 1 aliphatic heterocycles. The first-order valence-electron chi connectivity index (χ1n) is 12.1. The zero-order chi connectivity index (χ0) is 26.5. The highest BCUT2D eigenvalue weighted by Crippen LogP contribution is 2.27. The number of carbonyl (C=O) groups is 2. The first-order chi connectivity index (χ1) is 18.5. The number of fused-ring (bicyclic) bond motifs is 1. The first kappa shape index (κ1) is 25.1. The number of ether oxygens (including phenoxy) is 1. The molecular weight excluding hydrogens is 493 g/mol. The highest BCUT2D eigenvalue weighted by atomic mass is 19.1. The average Bonchev–Trinajstić information content (AvgIpc) is 3.56. The summed E-state index contributed by atoms with van der Waals surface area (Å²) in [5.74, 6) is 0.409. The van der Waals surface area contributed by atoms with Crippen molar-refractivity contribution in [3.05, 3.63) is 67.0 Å². The normalized spacial score (nSPS) is 15.0. The Morgan fingerprint density at radius 3 is 2.89 bits per heavy atom. The topological polar surface area (TPSA) is 134 Å². The molecule has 3 N–H and O–H groups in total. The molecule has 1 aliphatic rings. The lowest BCUT2D eigenvalue weighted by molar-refractivity contribution is -0.133. The maximum atomic E-state index is 13.3. The van der Waals surface area contributed by atoms with E-state index in [2.05, 4.69) is 25.7 Å². The van der Waals surface area contributed by atoms with Gasteiger partial charge in [0.2, 0.25) is 11.8 Å². The van der Waals surface area contributed by atoms with E-state index >= 15 is 0 Å². The van der Waals surface area contributed by atoms with Gasteiger partial charge in [0.1, 0.15) is 36.9 Å². The molecule has 2 aromatic heterocycles. The van der Waals surface area contributed by atoms with Crippen LogP contribution in [0.4, 0.5) is 21.6 Å². The number of aliphatic hydroxyl groups is 1. The fraction of sp³-hybridized carbons (Fsp3) is 0.269. The number of likely N-dealkylation sites (tertiary alicyclic amines) is 1. The van der Waals surface area contributed by atoms with Crippen LogP contribution in [0.3, 0.4) is 0 Å². The highest BCUT2D eigenvalue weighted by molar-refractivity contribution is 5.92. The van der Waals surface area contributed by atoms with Crippen LogP contribution in [0.1, 0.15) is 6.42 Å². The summed E-state index contributed by atoms with van der Waals surface area (Å²) in [5.41, 5.74) is 1.69. The van der Waals surface area contributed by atoms with E-state index < -0.39 is 12.4 Å². The number of benzene rings is 2. The molecule has 1 saturated heterocycles. The molecule has 3 heterocycles. The quantitative estimate of drug-likeness (QED) is 0.307. The number of aromatic nitrogens is 4. The summed E-state index contributed by atoms with van der Waals surface area (Å²) in [6, 6.07) is 11.2. The molecular formula is C26H26FN7O4. The number of amides is 2. The predicted octanol–water partition coefficient (Wildman–Crippen LogP) is 2.57. The van der Waals surface area contributed by atoms with Gasteiger partial charge in [-0.3, -0.25) is 14.3 Å². The van der Waals surface area contributed by atoms with Gasteiger partial charge in [0.15, 0.2) is 0 Å². The SMILES string of the molecule is O=C(Cn1cc(Nc2ncnc3cc(OCC4CCN(C(=O)CO)C4)ccc23)cn1)Nc1cccc(F)c1. The number of hydrogen-bond acceptors (Lipinski definition) is 8. The summed E-state index contributed by atoms with van der Waals surface area (Å²) in [5, 5.41) is 19.8. The van der Waals surface area contributed by atoms with E-state index in [1.807, 2.05) is 18.2 Å². The van der Waals surface area contributed by atoms with Crippen molar-refractivity contribution in [3.63, 3.8) is 0 Å². The first-order valence-corrected chi connectivity index (χ1v) is 12.1. The van der Waals surface area contributed by atoms with Gasteiger partial charge in [0.25, 0.3) is 0 Å².